The van der Waals surface area contributed by atoms with Gasteiger partial charge >= 0.3 is 0 Å². The maximum Gasteiger partial charge on any atom is 0.225 e. The molecule has 0 bridgehead atoms. The highest BCUT2D eigenvalue weighted by molar-refractivity contribution is 5.29. The Bertz CT molecular complexity index is 282. The van der Waals surface area contributed by atoms with Gasteiger partial charge in [-0.3, -0.25) is 0 Å². The largest absolute Gasteiger partial charge is 0.341 e. The number of hydrogen-bond donors (Lipinski definition) is 1. The van der Waals surface area contributed by atoms with Gasteiger partial charge in [0.2, 0.25) is 5.95 Å². The lowest BCUT2D eigenvalue weighted by atomic mass is 10.3. The van der Waals surface area contributed by atoms with Crippen LogP contribution in [0.1, 0.15) is 32.4 Å². The smallest absolute Gasteiger partial charge is 0.225 e. The van der Waals surface area contributed by atoms with Crippen molar-refractivity contribution >= 4 is 5.95 Å². The van der Waals surface area contributed by atoms with E-state index < -0.39 is 0 Å². The van der Waals surface area contributed by atoms with Crippen LogP contribution in [-0.4, -0.2) is 23.1 Å². The molecule has 0 aliphatic rings. The summed E-state index contributed by atoms with van der Waals surface area (Å²) in [7, 11) is 0. The summed E-state index contributed by atoms with van der Waals surface area (Å²) in [6.07, 6.45) is 4.00. The van der Waals surface area contributed by atoms with Crippen molar-refractivity contribution in [1.29, 1.82) is 0 Å². The molecule has 84 valence electrons. The molecule has 2 N–H and O–H groups in total. The predicted octanol–water partition coefficient (Wildman–Crippen LogP) is 1.56. The van der Waals surface area contributed by atoms with Crippen molar-refractivity contribution in [3.63, 3.8) is 0 Å². The summed E-state index contributed by atoms with van der Waals surface area (Å²) in [4.78, 5) is 10.9. The van der Waals surface area contributed by atoms with Crippen molar-refractivity contribution in [2.45, 2.75) is 33.2 Å². The molecule has 15 heavy (non-hydrogen) atoms. The third-order valence-corrected chi connectivity index (χ3v) is 2.18. The van der Waals surface area contributed by atoms with Gasteiger partial charge in [-0.2, -0.15) is 0 Å². The van der Waals surface area contributed by atoms with E-state index >= 15 is 0 Å². The van der Waals surface area contributed by atoms with Gasteiger partial charge in [0.15, 0.2) is 0 Å². The Morgan fingerprint density at radius 2 is 1.93 bits per heavy atom. The van der Waals surface area contributed by atoms with E-state index in [1.807, 2.05) is 6.07 Å². The van der Waals surface area contributed by atoms with Gasteiger partial charge in [0.25, 0.3) is 0 Å². The second-order valence-corrected chi connectivity index (χ2v) is 3.54. The zero-order valence-electron chi connectivity index (χ0n) is 9.61. The van der Waals surface area contributed by atoms with Crippen LogP contribution in [0, 0.1) is 0 Å². The van der Waals surface area contributed by atoms with Crippen molar-refractivity contribution in [3.05, 3.63) is 18.0 Å². The molecule has 0 atom stereocenters. The summed E-state index contributed by atoms with van der Waals surface area (Å²) < 4.78 is 0. The van der Waals surface area contributed by atoms with E-state index in [2.05, 4.69) is 28.7 Å². The summed E-state index contributed by atoms with van der Waals surface area (Å²) in [5.41, 5.74) is 6.46. The lowest BCUT2D eigenvalue weighted by Crippen LogP contribution is -2.27. The van der Waals surface area contributed by atoms with Crippen molar-refractivity contribution in [3.8, 4) is 0 Å². The van der Waals surface area contributed by atoms with Crippen LogP contribution in [0.15, 0.2) is 12.3 Å². The first-order chi connectivity index (χ1) is 7.31. The quantitative estimate of drug-likeness (QED) is 0.771. The van der Waals surface area contributed by atoms with Gasteiger partial charge in [-0.25, -0.2) is 9.97 Å². The Kier molecular flexibility index (Phi) is 5.04. The van der Waals surface area contributed by atoms with E-state index in [1.165, 1.54) is 0 Å². The van der Waals surface area contributed by atoms with Crippen LogP contribution in [-0.2, 0) is 6.54 Å². The first-order valence-corrected chi connectivity index (χ1v) is 5.58. The normalized spacial score (nSPS) is 10.3. The predicted molar refractivity (Wildman–Crippen MR) is 62.7 cm³/mol. The maximum absolute atomic E-state index is 5.56. The molecule has 0 fully saturated rings. The average Bonchev–Trinajstić information content (AvgIpc) is 2.29. The summed E-state index contributed by atoms with van der Waals surface area (Å²) in [5.74, 6) is 0.807. The second-order valence-electron chi connectivity index (χ2n) is 3.54. The lowest BCUT2D eigenvalue weighted by Gasteiger charge is -2.21. The molecular formula is C11H20N4. The SMILES string of the molecule is CCCN(CCC)c1nccc(CN)n1. The van der Waals surface area contributed by atoms with Gasteiger partial charge in [-0.1, -0.05) is 13.8 Å². The Balaban J connectivity index is 2.79. The van der Waals surface area contributed by atoms with Crippen LogP contribution in [0.25, 0.3) is 0 Å². The van der Waals surface area contributed by atoms with Crippen molar-refractivity contribution in [1.82, 2.24) is 9.97 Å². The van der Waals surface area contributed by atoms with Gasteiger partial charge in [0.05, 0.1) is 5.69 Å². The van der Waals surface area contributed by atoms with E-state index in [1.54, 1.807) is 6.20 Å². The molecule has 4 nitrogen and oxygen atoms in total. The highest BCUT2D eigenvalue weighted by Gasteiger charge is 2.07. The molecule has 4 heteroatoms. The van der Waals surface area contributed by atoms with Gasteiger partial charge in [-0.15, -0.1) is 0 Å². The van der Waals surface area contributed by atoms with Gasteiger partial charge in [0.1, 0.15) is 0 Å². The van der Waals surface area contributed by atoms with Crippen LogP contribution in [0.2, 0.25) is 0 Å². The third kappa shape index (κ3) is 3.47. The topological polar surface area (TPSA) is 55.0 Å². The van der Waals surface area contributed by atoms with E-state index in [0.717, 1.165) is 37.6 Å². The first kappa shape index (κ1) is 11.9. The minimum Gasteiger partial charge on any atom is -0.341 e. The lowest BCUT2D eigenvalue weighted by molar-refractivity contribution is 0.716. The molecule has 1 aromatic rings. The first-order valence-electron chi connectivity index (χ1n) is 5.58. The molecule has 0 aliphatic heterocycles. The molecule has 0 saturated carbocycles. The molecule has 0 saturated heterocycles. The van der Waals surface area contributed by atoms with Gasteiger partial charge < -0.3 is 10.6 Å². The minimum atomic E-state index is 0.474. The molecule has 1 aromatic heterocycles. The van der Waals surface area contributed by atoms with E-state index in [4.69, 9.17) is 5.73 Å². The third-order valence-electron chi connectivity index (χ3n) is 2.18. The van der Waals surface area contributed by atoms with Crippen LogP contribution in [0.3, 0.4) is 0 Å². The summed E-state index contributed by atoms with van der Waals surface area (Å²) in [6.45, 7) is 6.80. The molecule has 0 amide bonds. The highest BCUT2D eigenvalue weighted by Crippen LogP contribution is 2.08. The van der Waals surface area contributed by atoms with Gasteiger partial charge in [-0.05, 0) is 18.9 Å². The second kappa shape index (κ2) is 6.35. The Labute approximate surface area is 91.5 Å². The number of nitrogens with zero attached hydrogens (tertiary/aromatic N) is 3. The molecule has 0 radical (unpaired) electrons. The molecule has 0 spiro atoms. The Morgan fingerprint density at radius 1 is 1.27 bits per heavy atom. The zero-order valence-corrected chi connectivity index (χ0v) is 9.61. The molecule has 0 aromatic carbocycles. The fourth-order valence-corrected chi connectivity index (χ4v) is 1.50. The highest BCUT2D eigenvalue weighted by atomic mass is 15.2. The van der Waals surface area contributed by atoms with Crippen molar-refractivity contribution in [2.24, 2.45) is 5.73 Å². The van der Waals surface area contributed by atoms with Crippen molar-refractivity contribution < 1.29 is 0 Å². The fraction of sp³-hybridized carbons (Fsp3) is 0.636. The molecule has 1 rings (SSSR count). The molecular weight excluding hydrogens is 188 g/mol. The number of aromatic nitrogens is 2. The van der Waals surface area contributed by atoms with E-state index in [0.29, 0.717) is 6.54 Å². The Hall–Kier alpha value is -1.16. The van der Waals surface area contributed by atoms with E-state index in [-0.39, 0.29) is 0 Å². The Morgan fingerprint density at radius 3 is 2.47 bits per heavy atom. The summed E-state index contributed by atoms with van der Waals surface area (Å²) >= 11 is 0. The van der Waals surface area contributed by atoms with Gasteiger partial charge in [0, 0.05) is 25.8 Å². The zero-order chi connectivity index (χ0) is 11.1. The maximum atomic E-state index is 5.56. The fourth-order valence-electron chi connectivity index (χ4n) is 1.50. The minimum absolute atomic E-state index is 0.474. The van der Waals surface area contributed by atoms with Crippen LogP contribution < -0.4 is 10.6 Å². The van der Waals surface area contributed by atoms with Crippen LogP contribution >= 0.6 is 0 Å². The number of anilines is 1. The number of nitrogens with two attached hydrogens (primary N) is 1. The van der Waals surface area contributed by atoms with Crippen LogP contribution in [0.4, 0.5) is 5.95 Å². The summed E-state index contributed by atoms with van der Waals surface area (Å²) in [6, 6.07) is 1.86. The molecule has 0 unspecified atom stereocenters. The number of hydrogen-bond acceptors (Lipinski definition) is 4. The summed E-state index contributed by atoms with van der Waals surface area (Å²) in [5, 5.41) is 0. The molecule has 1 heterocycles. The number of rotatable bonds is 6. The molecule has 0 aliphatic carbocycles. The van der Waals surface area contributed by atoms with Crippen molar-refractivity contribution in [2.75, 3.05) is 18.0 Å². The average molecular weight is 208 g/mol. The standard InChI is InChI=1S/C11H20N4/c1-3-7-15(8-4-2)11-13-6-5-10(9-12)14-11/h5-6H,3-4,7-9,12H2,1-2H3. The van der Waals surface area contributed by atoms with Crippen LogP contribution in [0.5, 0.6) is 0 Å². The monoisotopic (exact) mass is 208 g/mol. The van der Waals surface area contributed by atoms with E-state index in [9.17, 15) is 0 Å².